The highest BCUT2D eigenvalue weighted by molar-refractivity contribution is 5.85. The van der Waals surface area contributed by atoms with E-state index in [1.807, 2.05) is 0 Å². The third kappa shape index (κ3) is 2.71. The van der Waals surface area contributed by atoms with Gasteiger partial charge in [0.15, 0.2) is 5.75 Å². The predicted molar refractivity (Wildman–Crippen MR) is 56.6 cm³/mol. The Labute approximate surface area is 96.1 Å². The fourth-order valence-corrected chi connectivity index (χ4v) is 1.07. The van der Waals surface area contributed by atoms with E-state index in [-0.39, 0.29) is 18.0 Å². The van der Waals surface area contributed by atoms with Crippen LogP contribution in [0.25, 0.3) is 0 Å². The normalized spacial score (nSPS) is 11.6. The van der Waals surface area contributed by atoms with E-state index >= 15 is 0 Å². The first kappa shape index (κ1) is 14.4. The minimum absolute atomic E-state index is 0. The molecule has 0 aliphatic rings. The molecule has 4 N–H and O–H groups in total. The molecule has 1 rings (SSSR count). The summed E-state index contributed by atoms with van der Waals surface area (Å²) in [6.07, 6.45) is 0. The van der Waals surface area contributed by atoms with Crippen molar-refractivity contribution in [1.82, 2.24) is 0 Å². The molecule has 90 valence electrons. The Morgan fingerprint density at radius 2 is 2.06 bits per heavy atom. The Balaban J connectivity index is 0.00000225. The Morgan fingerprint density at radius 1 is 1.50 bits per heavy atom. The van der Waals surface area contributed by atoms with Gasteiger partial charge < -0.3 is 15.9 Å². The van der Waals surface area contributed by atoms with Crippen molar-refractivity contribution in [2.45, 2.75) is 6.04 Å². The van der Waals surface area contributed by atoms with Gasteiger partial charge in [0.2, 0.25) is 5.75 Å². The molecule has 0 heterocycles. The summed E-state index contributed by atoms with van der Waals surface area (Å²) in [5, 5.41) is 28.7. The lowest BCUT2D eigenvalue weighted by Gasteiger charge is -2.08. The highest BCUT2D eigenvalue weighted by Crippen LogP contribution is 2.37. The van der Waals surface area contributed by atoms with Crippen LogP contribution in [0, 0.1) is 10.1 Å². The molecule has 16 heavy (non-hydrogen) atoms. The average molecular weight is 253 g/mol. The maximum Gasteiger partial charge on any atom is 0.314 e. The third-order valence-electron chi connectivity index (χ3n) is 1.88. The maximum absolute atomic E-state index is 12.2. The average Bonchev–Trinajstić information content (AvgIpc) is 2.20. The second-order valence-electron chi connectivity index (χ2n) is 2.93. The Morgan fingerprint density at radius 3 is 2.50 bits per heavy atom. The van der Waals surface area contributed by atoms with E-state index in [2.05, 4.69) is 0 Å². The van der Waals surface area contributed by atoms with Gasteiger partial charge in [0.05, 0.1) is 11.0 Å². The van der Waals surface area contributed by atoms with Crippen LogP contribution in [-0.2, 0) is 0 Å². The first-order chi connectivity index (χ1) is 6.97. The van der Waals surface area contributed by atoms with Gasteiger partial charge in [0.1, 0.15) is 6.67 Å². The van der Waals surface area contributed by atoms with Crippen LogP contribution >= 0.6 is 12.4 Å². The molecule has 6 nitrogen and oxygen atoms in total. The summed E-state index contributed by atoms with van der Waals surface area (Å²) >= 11 is 0. The van der Waals surface area contributed by atoms with E-state index in [1.165, 1.54) is 0 Å². The van der Waals surface area contributed by atoms with Crippen molar-refractivity contribution in [2.24, 2.45) is 5.73 Å². The van der Waals surface area contributed by atoms with Crippen LogP contribution in [0.2, 0.25) is 0 Å². The smallest absolute Gasteiger partial charge is 0.314 e. The molecule has 0 unspecified atom stereocenters. The van der Waals surface area contributed by atoms with E-state index in [9.17, 15) is 14.5 Å². The topological polar surface area (TPSA) is 110 Å². The molecule has 0 amide bonds. The molecule has 0 saturated carbocycles. The molecule has 0 bridgehead atoms. The van der Waals surface area contributed by atoms with Crippen molar-refractivity contribution in [3.05, 3.63) is 27.8 Å². The van der Waals surface area contributed by atoms with Gasteiger partial charge in [-0.05, 0) is 11.6 Å². The zero-order valence-electron chi connectivity index (χ0n) is 7.96. The summed E-state index contributed by atoms with van der Waals surface area (Å²) in [5.74, 6) is -1.54. The number of hydrogen-bond donors (Lipinski definition) is 3. The molecule has 1 aromatic rings. The molecule has 0 aliphatic heterocycles. The van der Waals surface area contributed by atoms with Gasteiger partial charge in [-0.1, -0.05) is 0 Å². The van der Waals surface area contributed by atoms with Crippen molar-refractivity contribution in [1.29, 1.82) is 0 Å². The Bertz CT molecular complexity index is 402. The monoisotopic (exact) mass is 252 g/mol. The van der Waals surface area contributed by atoms with E-state index in [4.69, 9.17) is 15.9 Å². The molecule has 0 aliphatic carbocycles. The lowest BCUT2D eigenvalue weighted by Crippen LogP contribution is -2.12. The number of phenolic OH excluding ortho intramolecular Hbond substituents is 2. The number of hydrogen-bond acceptors (Lipinski definition) is 5. The van der Waals surface area contributed by atoms with Crippen LogP contribution in [0.15, 0.2) is 12.1 Å². The predicted octanol–water partition coefficient (Wildman–Crippen LogP) is 1.40. The number of halogens is 2. The molecule has 8 heteroatoms. The van der Waals surface area contributed by atoms with E-state index < -0.39 is 34.8 Å². The number of alkyl halides is 1. The number of nitro groups is 1. The SMILES string of the molecule is Cl.N[C@H](CF)c1cc(O)c(O)c([N+](=O)[O-])c1. The van der Waals surface area contributed by atoms with E-state index in [1.54, 1.807) is 0 Å². The third-order valence-corrected chi connectivity index (χ3v) is 1.88. The molecule has 0 fully saturated rings. The second-order valence-corrected chi connectivity index (χ2v) is 2.93. The summed E-state index contributed by atoms with van der Waals surface area (Å²) in [7, 11) is 0. The van der Waals surface area contributed by atoms with Gasteiger partial charge in [-0.15, -0.1) is 12.4 Å². The number of phenols is 2. The number of nitro benzene ring substituents is 1. The van der Waals surface area contributed by atoms with Crippen molar-refractivity contribution in [3.63, 3.8) is 0 Å². The fourth-order valence-electron chi connectivity index (χ4n) is 1.07. The van der Waals surface area contributed by atoms with Crippen LogP contribution < -0.4 is 5.73 Å². The first-order valence-corrected chi connectivity index (χ1v) is 3.99. The van der Waals surface area contributed by atoms with Crippen molar-refractivity contribution in [2.75, 3.05) is 6.67 Å². The van der Waals surface area contributed by atoms with Gasteiger partial charge in [-0.3, -0.25) is 10.1 Å². The summed E-state index contributed by atoms with van der Waals surface area (Å²) in [6, 6.07) is 0.862. The summed E-state index contributed by atoms with van der Waals surface area (Å²) in [4.78, 5) is 9.55. The van der Waals surface area contributed by atoms with E-state index in [0.29, 0.717) is 0 Å². The van der Waals surface area contributed by atoms with Crippen molar-refractivity contribution >= 4 is 18.1 Å². The molecule has 1 atom stereocenters. The van der Waals surface area contributed by atoms with Gasteiger partial charge in [0, 0.05) is 6.07 Å². The first-order valence-electron chi connectivity index (χ1n) is 3.99. The van der Waals surface area contributed by atoms with Crippen molar-refractivity contribution < 1.29 is 19.5 Å². The van der Waals surface area contributed by atoms with Crippen LogP contribution in [0.1, 0.15) is 11.6 Å². The quantitative estimate of drug-likeness (QED) is 0.428. The van der Waals surface area contributed by atoms with Crippen LogP contribution in [-0.4, -0.2) is 21.8 Å². The zero-order valence-corrected chi connectivity index (χ0v) is 8.78. The lowest BCUT2D eigenvalue weighted by atomic mass is 10.1. The Kier molecular flexibility index (Phi) is 4.93. The van der Waals surface area contributed by atoms with Gasteiger partial charge in [-0.25, -0.2) is 4.39 Å². The molecule has 1 aromatic carbocycles. The number of nitrogens with two attached hydrogens (primary N) is 1. The summed E-state index contributed by atoms with van der Waals surface area (Å²) in [5.41, 5.74) is 4.65. The fraction of sp³-hybridized carbons (Fsp3) is 0.250. The van der Waals surface area contributed by atoms with Crippen LogP contribution in [0.4, 0.5) is 10.1 Å². The van der Waals surface area contributed by atoms with Crippen LogP contribution in [0.5, 0.6) is 11.5 Å². The van der Waals surface area contributed by atoms with Gasteiger partial charge >= 0.3 is 5.69 Å². The second kappa shape index (κ2) is 5.47. The standard InChI is InChI=1S/C8H9FN2O4.ClH/c9-3-5(10)4-1-6(11(14)15)8(13)7(12)2-4;/h1-2,5,12-13H,3,10H2;1H/t5-;/m1./s1. The summed E-state index contributed by atoms with van der Waals surface area (Å²) < 4.78 is 12.2. The van der Waals surface area contributed by atoms with Gasteiger partial charge in [-0.2, -0.15) is 0 Å². The van der Waals surface area contributed by atoms with E-state index in [0.717, 1.165) is 12.1 Å². The van der Waals surface area contributed by atoms with Gasteiger partial charge in [0.25, 0.3) is 0 Å². The van der Waals surface area contributed by atoms with Crippen molar-refractivity contribution in [3.8, 4) is 11.5 Å². The lowest BCUT2D eigenvalue weighted by molar-refractivity contribution is -0.386. The maximum atomic E-state index is 12.2. The minimum atomic E-state index is -1.06. The molecular weight excluding hydrogens is 243 g/mol. The highest BCUT2D eigenvalue weighted by atomic mass is 35.5. The number of aromatic hydroxyl groups is 2. The molecular formula is C8H10ClFN2O4. The molecule has 0 radical (unpaired) electrons. The number of benzene rings is 1. The Hall–Kier alpha value is -1.60. The minimum Gasteiger partial charge on any atom is -0.504 e. The molecule has 0 spiro atoms. The summed E-state index contributed by atoms with van der Waals surface area (Å²) in [6.45, 7) is -0.915. The van der Waals surface area contributed by atoms with Crippen LogP contribution in [0.3, 0.4) is 0 Å². The molecule has 0 aromatic heterocycles. The zero-order chi connectivity index (χ0) is 11.6. The number of rotatable bonds is 3. The molecule has 0 saturated heterocycles. The highest BCUT2D eigenvalue weighted by Gasteiger charge is 2.20. The largest absolute Gasteiger partial charge is 0.504 e. The number of nitrogens with zero attached hydrogens (tertiary/aromatic N) is 1.